The van der Waals surface area contributed by atoms with Gasteiger partial charge in [-0.1, -0.05) is 30.3 Å². The van der Waals surface area contributed by atoms with E-state index in [1.165, 1.54) is 19.1 Å². The van der Waals surface area contributed by atoms with Crippen LogP contribution in [0.4, 0.5) is 0 Å². The first-order valence-electron chi connectivity index (χ1n) is 6.31. The molecule has 0 fully saturated rings. The number of aromatic nitrogens is 2. The molecule has 5 nitrogen and oxygen atoms in total. The van der Waals surface area contributed by atoms with E-state index in [1.54, 1.807) is 42.5 Å². The zero-order valence-electron chi connectivity index (χ0n) is 11.2. The first kappa shape index (κ1) is 13.5. The molecule has 0 aliphatic heterocycles. The van der Waals surface area contributed by atoms with E-state index < -0.39 is 15.6 Å². The molecule has 3 aromatic rings. The Morgan fingerprint density at radius 1 is 0.952 bits per heavy atom. The normalized spacial score (nSPS) is 11.7. The van der Waals surface area contributed by atoms with Crippen LogP contribution in [0.15, 0.2) is 64.3 Å². The van der Waals surface area contributed by atoms with Crippen molar-refractivity contribution in [3.8, 4) is 0 Å². The number of hydrogen-bond acceptors (Lipinski definition) is 4. The SMILES string of the molecule is Cc1nc2ccccc2n(S(=O)(=O)c2ccccc2)c1=O. The minimum atomic E-state index is -3.95. The molecule has 106 valence electrons. The standard InChI is InChI=1S/C15H12N2O3S/c1-11-15(18)17(14-10-6-5-9-13(14)16-11)21(19,20)12-7-3-2-4-8-12/h2-10H,1H3. The number of para-hydroxylation sites is 2. The van der Waals surface area contributed by atoms with E-state index >= 15 is 0 Å². The molecule has 1 aromatic heterocycles. The highest BCUT2D eigenvalue weighted by Crippen LogP contribution is 2.17. The van der Waals surface area contributed by atoms with Crippen LogP contribution in [0.2, 0.25) is 0 Å². The quantitative estimate of drug-likeness (QED) is 0.725. The molecule has 0 saturated heterocycles. The molecule has 21 heavy (non-hydrogen) atoms. The van der Waals surface area contributed by atoms with Crippen LogP contribution >= 0.6 is 0 Å². The molecule has 0 bridgehead atoms. The summed E-state index contributed by atoms with van der Waals surface area (Å²) in [5.74, 6) is 0. The third-order valence-corrected chi connectivity index (χ3v) is 4.88. The maximum absolute atomic E-state index is 12.8. The first-order valence-corrected chi connectivity index (χ1v) is 7.75. The Bertz CT molecular complexity index is 977. The smallest absolute Gasteiger partial charge is 0.266 e. The van der Waals surface area contributed by atoms with Crippen molar-refractivity contribution >= 4 is 21.1 Å². The fraction of sp³-hybridized carbons (Fsp3) is 0.0667. The van der Waals surface area contributed by atoms with Gasteiger partial charge in [-0.05, 0) is 31.2 Å². The number of rotatable bonds is 2. The van der Waals surface area contributed by atoms with Crippen LogP contribution < -0.4 is 5.56 Å². The summed E-state index contributed by atoms with van der Waals surface area (Å²) < 4.78 is 26.3. The van der Waals surface area contributed by atoms with Gasteiger partial charge in [-0.15, -0.1) is 0 Å². The average Bonchev–Trinajstić information content (AvgIpc) is 2.49. The topological polar surface area (TPSA) is 69.0 Å². The summed E-state index contributed by atoms with van der Waals surface area (Å²) in [4.78, 5) is 16.5. The van der Waals surface area contributed by atoms with Crippen molar-refractivity contribution in [1.29, 1.82) is 0 Å². The molecule has 2 aromatic carbocycles. The molecular weight excluding hydrogens is 288 g/mol. The Morgan fingerprint density at radius 3 is 2.29 bits per heavy atom. The van der Waals surface area contributed by atoms with E-state index in [0.29, 0.717) is 5.52 Å². The molecule has 0 saturated carbocycles. The molecule has 0 N–H and O–H groups in total. The van der Waals surface area contributed by atoms with Crippen LogP contribution in [0, 0.1) is 6.92 Å². The summed E-state index contributed by atoms with van der Waals surface area (Å²) in [5.41, 5.74) is 0.261. The first-order chi connectivity index (χ1) is 10.0. The second kappa shape index (κ2) is 4.82. The van der Waals surface area contributed by atoms with Crippen LogP contribution in [-0.2, 0) is 10.0 Å². The van der Waals surface area contributed by atoms with E-state index in [9.17, 15) is 13.2 Å². The van der Waals surface area contributed by atoms with E-state index in [1.807, 2.05) is 0 Å². The minimum absolute atomic E-state index is 0.0721. The number of aryl methyl sites for hydroxylation is 1. The van der Waals surface area contributed by atoms with E-state index in [4.69, 9.17) is 0 Å². The van der Waals surface area contributed by atoms with Gasteiger partial charge in [0.25, 0.3) is 15.6 Å². The molecule has 0 spiro atoms. The predicted octanol–water partition coefficient (Wildman–Crippen LogP) is 1.94. The van der Waals surface area contributed by atoms with E-state index in [2.05, 4.69) is 4.98 Å². The van der Waals surface area contributed by atoms with Crippen molar-refractivity contribution < 1.29 is 8.42 Å². The van der Waals surface area contributed by atoms with Crippen LogP contribution in [0.1, 0.15) is 5.69 Å². The predicted molar refractivity (Wildman–Crippen MR) is 79.8 cm³/mol. The monoisotopic (exact) mass is 300 g/mol. The maximum atomic E-state index is 12.8. The zero-order chi connectivity index (χ0) is 15.0. The summed E-state index contributed by atoms with van der Waals surface area (Å²) in [5, 5.41) is 0. The number of hydrogen-bond donors (Lipinski definition) is 0. The number of nitrogens with zero attached hydrogens (tertiary/aromatic N) is 2. The molecule has 0 atom stereocenters. The van der Waals surface area contributed by atoms with Crippen molar-refractivity contribution in [1.82, 2.24) is 8.96 Å². The summed E-state index contributed by atoms with van der Waals surface area (Å²) >= 11 is 0. The highest BCUT2D eigenvalue weighted by atomic mass is 32.2. The van der Waals surface area contributed by atoms with Gasteiger partial charge in [-0.25, -0.2) is 13.4 Å². The van der Waals surface area contributed by atoms with Crippen molar-refractivity contribution in [3.05, 3.63) is 70.6 Å². The van der Waals surface area contributed by atoms with Crippen molar-refractivity contribution in [2.45, 2.75) is 11.8 Å². The van der Waals surface area contributed by atoms with Gasteiger partial charge in [0.1, 0.15) is 5.69 Å². The number of fused-ring (bicyclic) bond motifs is 1. The fourth-order valence-corrected chi connectivity index (χ4v) is 3.63. The van der Waals surface area contributed by atoms with Crippen LogP contribution in [-0.4, -0.2) is 17.4 Å². The highest BCUT2D eigenvalue weighted by molar-refractivity contribution is 7.90. The number of benzene rings is 2. The Balaban J connectivity index is 2.46. The maximum Gasteiger partial charge on any atom is 0.286 e. The van der Waals surface area contributed by atoms with Gasteiger partial charge in [0.2, 0.25) is 0 Å². The van der Waals surface area contributed by atoms with Gasteiger partial charge in [0.15, 0.2) is 0 Å². The molecule has 0 amide bonds. The molecule has 0 radical (unpaired) electrons. The lowest BCUT2D eigenvalue weighted by Gasteiger charge is -2.11. The molecule has 1 heterocycles. The Morgan fingerprint density at radius 2 is 1.57 bits per heavy atom. The van der Waals surface area contributed by atoms with Crippen LogP contribution in [0.3, 0.4) is 0 Å². The molecular formula is C15H12N2O3S. The van der Waals surface area contributed by atoms with Crippen LogP contribution in [0.25, 0.3) is 11.0 Å². The Kier molecular flexibility index (Phi) is 3.10. The second-order valence-corrected chi connectivity index (χ2v) is 6.36. The lowest BCUT2D eigenvalue weighted by atomic mass is 10.3. The molecule has 0 aliphatic carbocycles. The van der Waals surface area contributed by atoms with Crippen molar-refractivity contribution in [2.75, 3.05) is 0 Å². The minimum Gasteiger partial charge on any atom is -0.266 e. The largest absolute Gasteiger partial charge is 0.286 e. The zero-order valence-corrected chi connectivity index (χ0v) is 12.0. The fourth-order valence-electron chi connectivity index (χ4n) is 2.15. The summed E-state index contributed by atoms with van der Waals surface area (Å²) in [6.07, 6.45) is 0. The Hall–Kier alpha value is -2.47. The van der Waals surface area contributed by atoms with Crippen molar-refractivity contribution in [3.63, 3.8) is 0 Å². The summed E-state index contributed by atoms with van der Waals surface area (Å²) in [6, 6.07) is 14.6. The third kappa shape index (κ3) is 2.13. The second-order valence-electron chi connectivity index (χ2n) is 4.57. The van der Waals surface area contributed by atoms with Gasteiger partial charge < -0.3 is 0 Å². The highest BCUT2D eigenvalue weighted by Gasteiger charge is 2.22. The molecule has 3 rings (SSSR count). The summed E-state index contributed by atoms with van der Waals surface area (Å²) in [7, 11) is -3.95. The molecule has 6 heteroatoms. The van der Waals surface area contributed by atoms with Gasteiger partial charge >= 0.3 is 0 Å². The van der Waals surface area contributed by atoms with Gasteiger partial charge in [-0.2, -0.15) is 3.97 Å². The third-order valence-electron chi connectivity index (χ3n) is 3.16. The lowest BCUT2D eigenvalue weighted by molar-refractivity contribution is 0.587. The van der Waals surface area contributed by atoms with Crippen LogP contribution in [0.5, 0.6) is 0 Å². The van der Waals surface area contributed by atoms with E-state index in [0.717, 1.165) is 3.97 Å². The Labute approximate surface area is 121 Å². The lowest BCUT2D eigenvalue weighted by Crippen LogP contribution is -2.30. The van der Waals surface area contributed by atoms with Gasteiger partial charge in [-0.3, -0.25) is 4.79 Å². The average molecular weight is 300 g/mol. The molecule has 0 unspecified atom stereocenters. The summed E-state index contributed by atoms with van der Waals surface area (Å²) in [6.45, 7) is 1.51. The molecule has 0 aliphatic rings. The van der Waals surface area contributed by atoms with Crippen molar-refractivity contribution in [2.24, 2.45) is 0 Å². The van der Waals surface area contributed by atoms with Gasteiger partial charge in [0.05, 0.1) is 15.9 Å². The van der Waals surface area contributed by atoms with Gasteiger partial charge in [0, 0.05) is 0 Å². The van der Waals surface area contributed by atoms with E-state index in [-0.39, 0.29) is 16.1 Å².